The van der Waals surface area contributed by atoms with Gasteiger partial charge in [0.15, 0.2) is 17.8 Å². The molecule has 3 heterocycles. The van der Waals surface area contributed by atoms with Crippen LogP contribution in [0.2, 0.25) is 0 Å². The number of carbonyl (C=O) groups is 1. The summed E-state index contributed by atoms with van der Waals surface area (Å²) in [5.74, 6) is 0.539. The maximum absolute atomic E-state index is 12.6. The van der Waals surface area contributed by atoms with Crippen molar-refractivity contribution >= 4 is 39.5 Å². The van der Waals surface area contributed by atoms with E-state index in [-0.39, 0.29) is 11.1 Å². The van der Waals surface area contributed by atoms with Crippen LogP contribution in [-0.4, -0.2) is 50.1 Å². The predicted molar refractivity (Wildman–Crippen MR) is 108 cm³/mol. The fourth-order valence-electron chi connectivity index (χ4n) is 3.26. The number of likely N-dealkylation sites (N-methyl/N-ethyl adjacent to an activating group) is 1. The zero-order valence-corrected chi connectivity index (χ0v) is 15.7. The Kier molecular flexibility index (Phi) is 4.63. The van der Waals surface area contributed by atoms with Crippen LogP contribution in [0.5, 0.6) is 0 Å². The topological polar surface area (TPSA) is 77.6 Å². The van der Waals surface area contributed by atoms with Gasteiger partial charge >= 0.3 is 0 Å². The number of benzene rings is 1. The number of thiophene rings is 1. The normalized spacial score (nSPS) is 15.2. The van der Waals surface area contributed by atoms with E-state index in [1.807, 2.05) is 0 Å². The van der Waals surface area contributed by atoms with Crippen LogP contribution in [0.4, 0.5) is 5.88 Å². The van der Waals surface area contributed by atoms with Gasteiger partial charge in [-0.05, 0) is 7.05 Å². The highest BCUT2D eigenvalue weighted by molar-refractivity contribution is 7.17. The fourth-order valence-corrected chi connectivity index (χ4v) is 4.15. The Morgan fingerprint density at radius 2 is 1.93 bits per heavy atom. The molecule has 4 rings (SSSR count). The fraction of sp³-hybridized carbons (Fsp3) is 0.250. The molecule has 27 heavy (non-hydrogen) atoms. The Morgan fingerprint density at radius 1 is 1.19 bits per heavy atom. The van der Waals surface area contributed by atoms with Gasteiger partial charge in [0.05, 0.1) is 11.3 Å². The third-order valence-corrected chi connectivity index (χ3v) is 5.85. The van der Waals surface area contributed by atoms with Crippen molar-refractivity contribution in [2.75, 3.05) is 38.1 Å². The zero-order chi connectivity index (χ0) is 19.0. The van der Waals surface area contributed by atoms with Gasteiger partial charge in [0.25, 0.3) is 0 Å². The summed E-state index contributed by atoms with van der Waals surface area (Å²) in [5, 5.41) is 10.3. The van der Waals surface area contributed by atoms with Crippen LogP contribution in [0.3, 0.4) is 0 Å². The lowest BCUT2D eigenvalue weighted by molar-refractivity contribution is 0.112. The van der Waals surface area contributed by atoms with Gasteiger partial charge in [0.2, 0.25) is 5.43 Å². The first-order valence-corrected chi connectivity index (χ1v) is 9.59. The monoisotopic (exact) mass is 381 g/mol. The van der Waals surface area contributed by atoms with Crippen molar-refractivity contribution in [3.63, 3.8) is 0 Å². The van der Waals surface area contributed by atoms with Crippen LogP contribution in [0, 0.1) is 5.41 Å². The zero-order valence-electron chi connectivity index (χ0n) is 14.9. The van der Waals surface area contributed by atoms with Crippen molar-refractivity contribution in [3.05, 3.63) is 62.6 Å². The number of nitrogens with one attached hydrogen (secondary N) is 1. The molecule has 0 aliphatic carbocycles. The van der Waals surface area contributed by atoms with Gasteiger partial charge in [-0.25, -0.2) is 0 Å². The van der Waals surface area contributed by atoms with Crippen LogP contribution in [0.1, 0.15) is 21.5 Å². The first-order chi connectivity index (χ1) is 13.1. The van der Waals surface area contributed by atoms with Gasteiger partial charge in [-0.3, -0.25) is 15.0 Å². The first-order valence-electron chi connectivity index (χ1n) is 8.71. The van der Waals surface area contributed by atoms with E-state index in [1.165, 1.54) is 17.4 Å². The Labute approximate surface area is 160 Å². The third kappa shape index (κ3) is 3.20. The minimum atomic E-state index is -0.0992. The predicted octanol–water partition coefficient (Wildman–Crippen LogP) is 2.83. The molecule has 0 bridgehead atoms. The van der Waals surface area contributed by atoms with Gasteiger partial charge < -0.3 is 14.2 Å². The van der Waals surface area contributed by atoms with E-state index in [1.54, 1.807) is 29.6 Å². The molecule has 1 saturated heterocycles. The van der Waals surface area contributed by atoms with Crippen LogP contribution in [0.15, 0.2) is 44.9 Å². The van der Waals surface area contributed by atoms with Gasteiger partial charge in [-0.2, -0.15) is 0 Å². The van der Waals surface area contributed by atoms with Crippen LogP contribution < -0.4 is 10.3 Å². The molecule has 1 fully saturated rings. The molecule has 3 aromatic rings. The van der Waals surface area contributed by atoms with Crippen LogP contribution >= 0.6 is 11.3 Å². The molecule has 7 heteroatoms. The van der Waals surface area contributed by atoms with E-state index >= 15 is 0 Å². The van der Waals surface area contributed by atoms with E-state index in [0.717, 1.165) is 32.5 Å². The summed E-state index contributed by atoms with van der Waals surface area (Å²) in [6.07, 6.45) is 0.740. The minimum absolute atomic E-state index is 0.0992. The molecule has 1 aliphatic heterocycles. The molecule has 1 aliphatic rings. The van der Waals surface area contributed by atoms with Gasteiger partial charge in [-0.15, -0.1) is 11.3 Å². The Morgan fingerprint density at radius 3 is 2.67 bits per heavy atom. The maximum Gasteiger partial charge on any atom is 0.204 e. The van der Waals surface area contributed by atoms with Crippen molar-refractivity contribution in [2.45, 2.75) is 0 Å². The SMILES string of the molecule is CN1CCN(c2cc(=O)c3scc(C(=N)c4ccccc4C=O)c3o2)CC1. The molecular formula is C20H19N3O3S. The summed E-state index contributed by atoms with van der Waals surface area (Å²) in [4.78, 5) is 28.2. The van der Waals surface area contributed by atoms with Gasteiger partial charge in [-0.1, -0.05) is 24.3 Å². The highest BCUT2D eigenvalue weighted by Crippen LogP contribution is 2.29. The molecule has 0 amide bonds. The number of anilines is 1. The van der Waals surface area contributed by atoms with E-state index in [0.29, 0.717) is 32.9 Å². The average Bonchev–Trinajstić information content (AvgIpc) is 3.12. The van der Waals surface area contributed by atoms with Crippen LogP contribution in [0.25, 0.3) is 10.3 Å². The minimum Gasteiger partial charge on any atom is -0.439 e. The summed E-state index contributed by atoms with van der Waals surface area (Å²) >= 11 is 1.27. The molecule has 2 aromatic heterocycles. The molecule has 6 nitrogen and oxygen atoms in total. The number of hydrogen-bond acceptors (Lipinski definition) is 7. The number of nitrogens with zero attached hydrogens (tertiary/aromatic N) is 2. The van der Waals surface area contributed by atoms with E-state index in [4.69, 9.17) is 9.83 Å². The van der Waals surface area contributed by atoms with Crippen molar-refractivity contribution in [3.8, 4) is 0 Å². The average molecular weight is 381 g/mol. The molecule has 1 N–H and O–H groups in total. The summed E-state index contributed by atoms with van der Waals surface area (Å²) < 4.78 is 6.59. The van der Waals surface area contributed by atoms with Crippen LogP contribution in [-0.2, 0) is 0 Å². The molecule has 0 spiro atoms. The number of aldehydes is 1. The van der Waals surface area contributed by atoms with Gasteiger partial charge in [0.1, 0.15) is 4.70 Å². The lowest BCUT2D eigenvalue weighted by Crippen LogP contribution is -2.44. The van der Waals surface area contributed by atoms with Crippen molar-refractivity contribution in [1.29, 1.82) is 5.41 Å². The Bertz CT molecular complexity index is 1080. The summed E-state index contributed by atoms with van der Waals surface area (Å²) in [5.41, 5.74) is 2.02. The molecule has 0 saturated carbocycles. The molecule has 138 valence electrons. The van der Waals surface area contributed by atoms with E-state index in [2.05, 4.69) is 16.8 Å². The largest absolute Gasteiger partial charge is 0.439 e. The standard InChI is InChI=1S/C20H19N3O3S/c1-22-6-8-23(9-7-22)17-10-16(25)20-19(26-17)15(12-27-20)18(21)14-5-3-2-4-13(14)11-24/h2-5,10-12,21H,6-9H2,1H3. The number of carbonyl (C=O) groups excluding carboxylic acids is 1. The van der Waals surface area contributed by atoms with E-state index < -0.39 is 0 Å². The Balaban J connectivity index is 1.79. The van der Waals surface area contributed by atoms with Crippen molar-refractivity contribution in [1.82, 2.24) is 4.90 Å². The Hall–Kier alpha value is -2.77. The quantitative estimate of drug-likeness (QED) is 0.555. The number of hydrogen-bond donors (Lipinski definition) is 1. The summed E-state index contributed by atoms with van der Waals surface area (Å²) in [7, 11) is 2.07. The smallest absolute Gasteiger partial charge is 0.204 e. The molecule has 0 radical (unpaired) electrons. The second-order valence-corrected chi connectivity index (χ2v) is 7.51. The van der Waals surface area contributed by atoms with E-state index in [9.17, 15) is 9.59 Å². The molecule has 0 unspecified atom stereocenters. The second-order valence-electron chi connectivity index (χ2n) is 6.63. The summed E-state index contributed by atoms with van der Waals surface area (Å²) in [6, 6.07) is 8.50. The number of piperazine rings is 1. The second kappa shape index (κ2) is 7.09. The molecular weight excluding hydrogens is 362 g/mol. The number of rotatable bonds is 4. The van der Waals surface area contributed by atoms with Crippen molar-refractivity contribution in [2.24, 2.45) is 0 Å². The molecule has 0 atom stereocenters. The highest BCUT2D eigenvalue weighted by Gasteiger charge is 2.21. The van der Waals surface area contributed by atoms with Crippen molar-refractivity contribution < 1.29 is 9.21 Å². The number of fused-ring (bicyclic) bond motifs is 1. The molecule has 1 aromatic carbocycles. The third-order valence-electron chi connectivity index (χ3n) is 4.87. The van der Waals surface area contributed by atoms with Gasteiger partial charge in [0, 0.05) is 48.8 Å². The maximum atomic E-state index is 12.6. The lowest BCUT2D eigenvalue weighted by atomic mass is 9.99. The lowest BCUT2D eigenvalue weighted by Gasteiger charge is -2.32. The summed E-state index contributed by atoms with van der Waals surface area (Å²) in [6.45, 7) is 3.38. The first kappa shape index (κ1) is 17.6. The highest BCUT2D eigenvalue weighted by atomic mass is 32.1.